The summed E-state index contributed by atoms with van der Waals surface area (Å²) in [5.41, 5.74) is 0.0198. The van der Waals surface area contributed by atoms with E-state index in [1.165, 1.54) is 0 Å². The molecule has 0 aromatic heterocycles. The van der Waals surface area contributed by atoms with E-state index < -0.39 is 11.5 Å². The van der Waals surface area contributed by atoms with Crippen molar-refractivity contribution >= 4 is 17.8 Å². The minimum Gasteiger partial charge on any atom is -0.463 e. The topological polar surface area (TPSA) is 75.7 Å². The third-order valence-corrected chi connectivity index (χ3v) is 6.23. The van der Waals surface area contributed by atoms with Crippen molar-refractivity contribution < 1.29 is 19.1 Å². The van der Waals surface area contributed by atoms with Crippen molar-refractivity contribution in [3.8, 4) is 0 Å². The molecule has 2 atom stereocenters. The van der Waals surface area contributed by atoms with E-state index in [1.807, 2.05) is 48.5 Å². The van der Waals surface area contributed by atoms with Gasteiger partial charge in [-0.25, -0.2) is 4.79 Å². The zero-order valence-corrected chi connectivity index (χ0v) is 20.8. The number of amides is 2. The lowest BCUT2D eigenvalue weighted by atomic mass is 9.78. The van der Waals surface area contributed by atoms with Gasteiger partial charge in [0.1, 0.15) is 6.04 Å². The Hall–Kier alpha value is -1.85. The molecule has 0 saturated carbocycles. The van der Waals surface area contributed by atoms with Crippen LogP contribution in [0.25, 0.3) is 0 Å². The summed E-state index contributed by atoms with van der Waals surface area (Å²) in [6.07, 6.45) is 3.98. The summed E-state index contributed by atoms with van der Waals surface area (Å²) in [5.74, 6) is -0.559. The van der Waals surface area contributed by atoms with E-state index in [4.69, 9.17) is 4.74 Å². The lowest BCUT2D eigenvalue weighted by Gasteiger charge is -2.36. The normalized spacial score (nSPS) is 14.5. The first-order valence-electron chi connectivity index (χ1n) is 11.3. The number of nitrogens with one attached hydrogen (secondary N) is 1. The van der Waals surface area contributed by atoms with Crippen molar-refractivity contribution in [1.29, 1.82) is 0 Å². The maximum Gasteiger partial charge on any atom is 0.333 e. The fourth-order valence-electron chi connectivity index (χ4n) is 3.73. The number of carbonyl (C=O) groups is 3. The maximum absolute atomic E-state index is 13.4. The third-order valence-electron chi connectivity index (χ3n) is 6.23. The molecule has 6 nitrogen and oxygen atoms in total. The van der Waals surface area contributed by atoms with Gasteiger partial charge in [-0.1, -0.05) is 54.5 Å². The summed E-state index contributed by atoms with van der Waals surface area (Å²) in [4.78, 5) is 40.2. The highest BCUT2D eigenvalue weighted by Crippen LogP contribution is 2.31. The van der Waals surface area contributed by atoms with Gasteiger partial charge in [-0.15, -0.1) is 0 Å². The largest absolute Gasteiger partial charge is 0.463 e. The highest BCUT2D eigenvalue weighted by molar-refractivity contribution is 5.91. The second kappa shape index (κ2) is 12.8. The Kier molecular flexibility index (Phi) is 12.0. The first kappa shape index (κ1) is 28.1. The van der Waals surface area contributed by atoms with Gasteiger partial charge in [0, 0.05) is 18.0 Å². The number of rotatable bonds is 12. The van der Waals surface area contributed by atoms with E-state index in [-0.39, 0.29) is 35.7 Å². The molecule has 0 aliphatic carbocycles. The molecular weight excluding hydrogens is 380 g/mol. The van der Waals surface area contributed by atoms with Crippen molar-refractivity contribution in [3.05, 3.63) is 11.6 Å². The molecule has 0 aromatic carbocycles. The van der Waals surface area contributed by atoms with Gasteiger partial charge in [0.05, 0.1) is 12.6 Å². The highest BCUT2D eigenvalue weighted by Gasteiger charge is 2.37. The van der Waals surface area contributed by atoms with E-state index >= 15 is 0 Å². The number of nitrogens with zero attached hydrogens (tertiary/aromatic N) is 1. The van der Waals surface area contributed by atoms with E-state index in [0.29, 0.717) is 12.2 Å². The maximum atomic E-state index is 13.4. The average Bonchev–Trinajstić information content (AvgIpc) is 2.70. The number of ether oxygens (including phenoxy) is 1. The van der Waals surface area contributed by atoms with Crippen LogP contribution < -0.4 is 5.32 Å². The number of esters is 1. The molecule has 0 fully saturated rings. The number of carbonyl (C=O) groups excluding carboxylic acids is 3. The molecule has 0 radical (unpaired) electrons. The van der Waals surface area contributed by atoms with Crippen molar-refractivity contribution in [3.63, 3.8) is 0 Å². The van der Waals surface area contributed by atoms with E-state index in [2.05, 4.69) is 5.32 Å². The summed E-state index contributed by atoms with van der Waals surface area (Å²) in [7, 11) is 1.73. The molecule has 2 amide bonds. The van der Waals surface area contributed by atoms with E-state index in [1.54, 1.807) is 31.9 Å². The Bertz CT molecular complexity index is 598. The van der Waals surface area contributed by atoms with Crippen LogP contribution in [0.15, 0.2) is 11.6 Å². The van der Waals surface area contributed by atoms with Gasteiger partial charge < -0.3 is 15.0 Å². The SMILES string of the molecule is CCOC(=O)/C(C)=C/[C@H](C(C)C)N(C)C(=O)[C@@H](NC(=O)C(CC)(CC)CC)C(C)C. The van der Waals surface area contributed by atoms with Crippen molar-refractivity contribution in [2.24, 2.45) is 17.3 Å². The number of hydrogen-bond acceptors (Lipinski definition) is 4. The quantitative estimate of drug-likeness (QED) is 0.374. The van der Waals surface area contributed by atoms with Crippen LogP contribution >= 0.6 is 0 Å². The third kappa shape index (κ3) is 7.13. The van der Waals surface area contributed by atoms with Gasteiger partial charge >= 0.3 is 5.97 Å². The summed E-state index contributed by atoms with van der Waals surface area (Å²) in [5, 5.41) is 3.04. The van der Waals surface area contributed by atoms with Gasteiger partial charge in [-0.2, -0.15) is 0 Å². The van der Waals surface area contributed by atoms with Crippen LogP contribution in [-0.2, 0) is 19.1 Å². The van der Waals surface area contributed by atoms with Crippen LogP contribution in [-0.4, -0.2) is 48.4 Å². The van der Waals surface area contributed by atoms with E-state index in [0.717, 1.165) is 19.3 Å². The Morgan fingerprint density at radius 2 is 1.47 bits per heavy atom. The lowest BCUT2D eigenvalue weighted by molar-refractivity contribution is -0.142. The standard InChI is InChI=1S/C24H44N2O4/c1-11-24(12-2,13-3)23(29)25-20(17(7)8)21(27)26(10)19(16(5)6)15-18(9)22(28)30-14-4/h15-17,19-20H,11-14H2,1-10H3,(H,25,29)/b18-15+/t19-,20+/m1/s1. The molecule has 0 unspecified atom stereocenters. The van der Waals surface area contributed by atoms with Crippen LogP contribution in [0.2, 0.25) is 0 Å². The minimum atomic E-state index is -0.621. The molecule has 0 aromatic rings. The van der Waals surface area contributed by atoms with Gasteiger partial charge in [-0.3, -0.25) is 9.59 Å². The Morgan fingerprint density at radius 3 is 1.83 bits per heavy atom. The number of likely N-dealkylation sites (N-methyl/N-ethyl adjacent to an activating group) is 1. The average molecular weight is 425 g/mol. The first-order valence-corrected chi connectivity index (χ1v) is 11.3. The minimum absolute atomic E-state index is 0.0601. The van der Waals surface area contributed by atoms with Crippen LogP contribution in [0.1, 0.15) is 81.6 Å². The molecule has 1 N–H and O–H groups in total. The zero-order valence-electron chi connectivity index (χ0n) is 20.8. The van der Waals surface area contributed by atoms with Crippen molar-refractivity contribution in [2.75, 3.05) is 13.7 Å². The predicted octanol–water partition coefficient (Wildman–Crippen LogP) is 4.34. The molecule has 0 saturated heterocycles. The van der Waals surface area contributed by atoms with Crippen molar-refractivity contribution in [1.82, 2.24) is 10.2 Å². The van der Waals surface area contributed by atoms with Crippen LogP contribution in [0.3, 0.4) is 0 Å². The second-order valence-corrected chi connectivity index (χ2v) is 8.79. The molecule has 0 aliphatic heterocycles. The highest BCUT2D eigenvalue weighted by atomic mass is 16.5. The van der Waals surface area contributed by atoms with Crippen LogP contribution in [0.5, 0.6) is 0 Å². The first-order chi connectivity index (χ1) is 13.9. The number of hydrogen-bond donors (Lipinski definition) is 1. The molecule has 0 rings (SSSR count). The molecule has 30 heavy (non-hydrogen) atoms. The monoisotopic (exact) mass is 424 g/mol. The molecular formula is C24H44N2O4. The molecule has 174 valence electrons. The van der Waals surface area contributed by atoms with E-state index in [9.17, 15) is 14.4 Å². The summed E-state index contributed by atoms with van der Waals surface area (Å²) >= 11 is 0. The fraction of sp³-hybridized carbons (Fsp3) is 0.792. The van der Waals surface area contributed by atoms with Gasteiger partial charge in [0.2, 0.25) is 11.8 Å². The van der Waals surface area contributed by atoms with Gasteiger partial charge in [0.25, 0.3) is 0 Å². The summed E-state index contributed by atoms with van der Waals surface area (Å²) < 4.78 is 5.07. The van der Waals surface area contributed by atoms with Gasteiger partial charge in [-0.05, 0) is 44.9 Å². The van der Waals surface area contributed by atoms with Crippen molar-refractivity contribution in [2.45, 2.75) is 93.7 Å². The summed E-state index contributed by atoms with van der Waals surface area (Å²) in [6.45, 7) is 17.7. The Labute approximate surface area is 183 Å². The van der Waals surface area contributed by atoms with Gasteiger partial charge in [0.15, 0.2) is 0 Å². The van der Waals surface area contributed by atoms with Crippen LogP contribution in [0.4, 0.5) is 0 Å². The Balaban J connectivity index is 5.76. The molecule has 0 aliphatic rings. The Morgan fingerprint density at radius 1 is 0.967 bits per heavy atom. The smallest absolute Gasteiger partial charge is 0.333 e. The molecule has 0 heterocycles. The second-order valence-electron chi connectivity index (χ2n) is 8.79. The molecule has 6 heteroatoms. The fourth-order valence-corrected chi connectivity index (χ4v) is 3.73. The molecule has 0 bridgehead atoms. The zero-order chi connectivity index (χ0) is 23.6. The summed E-state index contributed by atoms with van der Waals surface area (Å²) in [6, 6.07) is -0.905. The predicted molar refractivity (Wildman–Crippen MR) is 122 cm³/mol. The molecule has 0 spiro atoms. The van der Waals surface area contributed by atoms with Crippen LogP contribution in [0, 0.1) is 17.3 Å². The lowest BCUT2D eigenvalue weighted by Crippen LogP contribution is -2.56.